The van der Waals surface area contributed by atoms with Crippen molar-refractivity contribution in [3.8, 4) is 45.3 Å². The minimum Gasteiger partial charge on any atom is -0.657 e. The van der Waals surface area contributed by atoms with Crippen LogP contribution in [0.4, 0.5) is 0 Å². The Morgan fingerprint density at radius 1 is 0.420 bits per heavy atom. The number of carbonyl (C=O) groups is 6. The monoisotopic (exact) mass is 992 g/mol. The van der Waals surface area contributed by atoms with E-state index in [-0.39, 0.29) is 64.7 Å². The first-order valence-corrected chi connectivity index (χ1v) is 20.2. The quantitative estimate of drug-likeness (QED) is 0.0700. The summed E-state index contributed by atoms with van der Waals surface area (Å²) in [5.41, 5.74) is 3.82. The number of nitrogens with zero attached hydrogens (tertiary/aromatic N) is 4. The van der Waals surface area contributed by atoms with Gasteiger partial charge < -0.3 is 57.3 Å². The zero-order chi connectivity index (χ0) is 48.5. The Bertz CT molecular complexity index is 2790. The molecule has 2 aromatic carbocycles. The van der Waals surface area contributed by atoms with Crippen LogP contribution in [-0.2, 0) is 67.1 Å². The fourth-order valence-electron chi connectivity index (χ4n) is 6.85. The number of hydrogen-bond acceptors (Lipinski definition) is 18. The molecule has 2 aliphatic heterocycles. The summed E-state index contributed by atoms with van der Waals surface area (Å²) in [6.07, 6.45) is 6.82. The number of methoxy groups -OCH3 is 6. The molecule has 0 spiro atoms. The Balaban J connectivity index is 0.00000782. The molecule has 0 unspecified atom stereocenters. The Morgan fingerprint density at radius 3 is 1.03 bits per heavy atom. The predicted molar refractivity (Wildman–Crippen MR) is 240 cm³/mol. The van der Waals surface area contributed by atoms with Gasteiger partial charge in [0.2, 0.25) is 0 Å². The van der Waals surface area contributed by atoms with Crippen LogP contribution in [0.5, 0.6) is 23.0 Å². The van der Waals surface area contributed by atoms with Gasteiger partial charge in [0.05, 0.1) is 87.7 Å². The largest absolute Gasteiger partial charge is 2.00 e. The van der Waals surface area contributed by atoms with Crippen molar-refractivity contribution in [1.29, 1.82) is 0 Å². The third kappa shape index (κ3) is 11.5. The van der Waals surface area contributed by atoms with Crippen LogP contribution in [-0.4, -0.2) is 115 Å². The van der Waals surface area contributed by atoms with E-state index < -0.39 is 62.2 Å². The van der Waals surface area contributed by atoms with Gasteiger partial charge in [-0.15, -0.1) is 22.1 Å². The van der Waals surface area contributed by atoms with Crippen molar-refractivity contribution in [2.24, 2.45) is 0 Å². The van der Waals surface area contributed by atoms with E-state index in [1.807, 2.05) is 0 Å². The van der Waals surface area contributed by atoms with Crippen LogP contribution in [0.3, 0.4) is 0 Å². The molecule has 0 saturated carbocycles. The van der Waals surface area contributed by atoms with E-state index in [0.717, 1.165) is 0 Å². The summed E-state index contributed by atoms with van der Waals surface area (Å²) in [6.45, 7) is -2.33. The van der Waals surface area contributed by atoms with Crippen molar-refractivity contribution in [3.63, 3.8) is 0 Å². The molecular formula is C48H40N4O16Zn. The van der Waals surface area contributed by atoms with Gasteiger partial charge in [-0.2, -0.15) is 0 Å². The smallest absolute Gasteiger partial charge is 0.657 e. The second-order valence-corrected chi connectivity index (χ2v) is 14.2. The van der Waals surface area contributed by atoms with Gasteiger partial charge in [0.1, 0.15) is 23.0 Å². The summed E-state index contributed by atoms with van der Waals surface area (Å²) in [6, 6.07) is 15.6. The molecule has 69 heavy (non-hydrogen) atoms. The van der Waals surface area contributed by atoms with Gasteiger partial charge in [0.15, 0.2) is 26.4 Å². The Labute approximate surface area is 405 Å². The number of ether oxygens (including phenoxy) is 10. The molecule has 0 atom stereocenters. The molecule has 8 bridgehead atoms. The van der Waals surface area contributed by atoms with E-state index in [2.05, 4.69) is 0 Å². The molecule has 0 aliphatic carbocycles. The molecule has 21 heteroatoms. The number of benzene rings is 2. The first-order valence-electron chi connectivity index (χ1n) is 20.2. The molecule has 5 aromatic rings. The van der Waals surface area contributed by atoms with Gasteiger partial charge in [-0.3, -0.25) is 0 Å². The number of esters is 6. The topological polar surface area (TPSA) is 249 Å². The van der Waals surface area contributed by atoms with E-state index in [4.69, 9.17) is 67.3 Å². The molecule has 0 radical (unpaired) electrons. The maximum absolute atomic E-state index is 12.9. The standard InChI is InChI=1S/C48H41N4O16.Zn/c1-59-39(53)21-65-35-15-25(47(57)63-5)16-36(66-22-40(54)60-2)45(35)43-31-11-7-27(49-31)19-29-9-13-33(51-29)44(34-14-10-30(52-34)20-28-8-12-32(43)50-28)46-37(67-23-41(55)61-3)17-26(48(58)64-6)18-38(46)68-24-42(56)62-4;/h7-20H,21-24H2,1-6H3,(H-,49,50,51,52,57,58);/q-1;+2/p-1. The molecule has 2 aliphatic rings. The van der Waals surface area contributed by atoms with Crippen LogP contribution in [0, 0.1) is 0 Å². The van der Waals surface area contributed by atoms with Gasteiger partial charge in [0.25, 0.3) is 0 Å². The first kappa shape index (κ1) is 50.1. The summed E-state index contributed by atoms with van der Waals surface area (Å²) >= 11 is 0. The van der Waals surface area contributed by atoms with Crippen molar-refractivity contribution in [2.45, 2.75) is 0 Å². The molecule has 3 aromatic heterocycles. The second kappa shape index (κ2) is 22.4. The molecule has 7 rings (SSSR count). The van der Waals surface area contributed by atoms with Crippen LogP contribution in [0.15, 0.2) is 60.7 Å². The van der Waals surface area contributed by atoms with Crippen molar-refractivity contribution >= 4 is 82.2 Å². The average molecular weight is 994 g/mol. The Morgan fingerprint density at radius 2 is 0.739 bits per heavy atom. The minimum atomic E-state index is -0.770. The van der Waals surface area contributed by atoms with Crippen molar-refractivity contribution < 1.29 is 95.6 Å². The van der Waals surface area contributed by atoms with Crippen LogP contribution >= 0.6 is 0 Å². The van der Waals surface area contributed by atoms with E-state index >= 15 is 0 Å². The second-order valence-electron chi connectivity index (χ2n) is 14.2. The fraction of sp³-hybridized carbons (Fsp3) is 0.208. The zero-order valence-electron chi connectivity index (χ0n) is 37.9. The molecule has 20 nitrogen and oxygen atoms in total. The van der Waals surface area contributed by atoms with Gasteiger partial charge in [-0.1, -0.05) is 36.4 Å². The van der Waals surface area contributed by atoms with E-state index in [9.17, 15) is 28.8 Å². The van der Waals surface area contributed by atoms with Crippen LogP contribution in [0.1, 0.15) is 43.5 Å². The van der Waals surface area contributed by atoms with Gasteiger partial charge in [-0.25, -0.2) is 38.7 Å². The predicted octanol–water partition coefficient (Wildman–Crippen LogP) is 5.03. The number of hydrogen-bond donors (Lipinski definition) is 0. The SMILES string of the molecule is COC(=O)COc1cc(C(=O)OC)cc(OCC(=O)OC)c1-c1c2nc(cc3ccc([n-]3)c(-c3c(OCC(=O)OC)cc(C(=O)OC)cc3OCC(=O)OC)c3nc(cc4ccc1[n-]4)C=C3)C=C2.[Zn+2]. The molecule has 0 amide bonds. The van der Waals surface area contributed by atoms with E-state index in [1.54, 1.807) is 60.7 Å². The zero-order valence-corrected chi connectivity index (χ0v) is 40.9. The minimum absolute atomic E-state index is 0. The maximum atomic E-state index is 12.9. The van der Waals surface area contributed by atoms with Gasteiger partial charge in [0, 0.05) is 11.1 Å². The van der Waals surface area contributed by atoms with Crippen molar-refractivity contribution in [1.82, 2.24) is 19.9 Å². The maximum Gasteiger partial charge on any atom is 2.00 e. The average Bonchev–Trinajstić information content (AvgIpc) is 4.21. The fourth-order valence-corrected chi connectivity index (χ4v) is 6.85. The van der Waals surface area contributed by atoms with Crippen molar-refractivity contribution in [2.75, 3.05) is 69.1 Å². The summed E-state index contributed by atoms with van der Waals surface area (Å²) in [7, 11) is 7.12. The van der Waals surface area contributed by atoms with Crippen molar-refractivity contribution in [3.05, 3.63) is 94.6 Å². The third-order valence-electron chi connectivity index (χ3n) is 10.0. The van der Waals surface area contributed by atoms with E-state index in [0.29, 0.717) is 56.0 Å². The van der Waals surface area contributed by atoms with Crippen LogP contribution in [0.2, 0.25) is 0 Å². The Kier molecular flexibility index (Phi) is 16.3. The number of aromatic nitrogens is 4. The molecule has 5 heterocycles. The number of rotatable bonds is 16. The molecule has 0 saturated heterocycles. The summed E-state index contributed by atoms with van der Waals surface area (Å²) in [5.74, 6) is -4.63. The first-order chi connectivity index (χ1) is 32.9. The summed E-state index contributed by atoms with van der Waals surface area (Å²) in [5, 5.41) is 0. The molecule has 0 N–H and O–H groups in total. The summed E-state index contributed by atoms with van der Waals surface area (Å²) < 4.78 is 53.3. The molecule has 350 valence electrons. The molecular weight excluding hydrogens is 954 g/mol. The number of carbonyl (C=O) groups excluding carboxylic acids is 6. The normalized spacial score (nSPS) is 11.1. The molecule has 0 fully saturated rings. The summed E-state index contributed by atoms with van der Waals surface area (Å²) in [4.78, 5) is 95.3. The third-order valence-corrected chi connectivity index (χ3v) is 10.0. The van der Waals surface area contributed by atoms with E-state index in [1.165, 1.54) is 66.9 Å². The van der Waals surface area contributed by atoms with Gasteiger partial charge in [-0.05, 0) is 48.6 Å². The number of fused-ring (bicyclic) bond motifs is 8. The van der Waals surface area contributed by atoms with Gasteiger partial charge >= 0.3 is 55.3 Å². The Hall–Kier alpha value is -8.32. The van der Waals surface area contributed by atoms with Crippen LogP contribution < -0.4 is 28.9 Å². The van der Waals surface area contributed by atoms with Crippen LogP contribution in [0.25, 0.3) is 68.6 Å².